The van der Waals surface area contributed by atoms with Gasteiger partial charge in [0, 0.05) is 19.5 Å². The lowest BCUT2D eigenvalue weighted by Gasteiger charge is -2.15. The van der Waals surface area contributed by atoms with Crippen molar-refractivity contribution in [3.05, 3.63) is 77.9 Å². The molecule has 1 saturated heterocycles. The maximum atomic E-state index is 11.4. The van der Waals surface area contributed by atoms with Crippen molar-refractivity contribution in [2.45, 2.75) is 19.3 Å². The quantitative estimate of drug-likeness (QED) is 0.694. The molecule has 1 fully saturated rings. The number of rotatable bonds is 7. The van der Waals surface area contributed by atoms with Crippen molar-refractivity contribution in [2.75, 3.05) is 26.7 Å². The molecule has 2 aromatic carbocycles. The molecule has 0 saturated carbocycles. The number of hydrogen-bond acceptors (Lipinski definition) is 3. The predicted molar refractivity (Wildman–Crippen MR) is 106 cm³/mol. The Morgan fingerprint density at radius 3 is 2.27 bits per heavy atom. The summed E-state index contributed by atoms with van der Waals surface area (Å²) in [5, 5.41) is 0. The van der Waals surface area contributed by atoms with Gasteiger partial charge in [-0.2, -0.15) is 0 Å². The number of carbonyl (C=O) groups excluding carboxylic acids is 1. The average molecular weight is 349 g/mol. The van der Waals surface area contributed by atoms with Crippen LogP contribution in [0.5, 0.6) is 0 Å². The largest absolute Gasteiger partial charge is 0.469 e. The average Bonchev–Trinajstić information content (AvgIpc) is 3.13. The van der Waals surface area contributed by atoms with E-state index >= 15 is 0 Å². The van der Waals surface area contributed by atoms with Crippen molar-refractivity contribution >= 4 is 11.5 Å². The molecule has 0 radical (unpaired) electrons. The molecule has 0 amide bonds. The summed E-state index contributed by atoms with van der Waals surface area (Å²) in [5.41, 5.74) is 3.80. The molecule has 26 heavy (non-hydrogen) atoms. The summed E-state index contributed by atoms with van der Waals surface area (Å²) in [6.45, 7) is 3.09. The van der Waals surface area contributed by atoms with Crippen molar-refractivity contribution in [3.63, 3.8) is 0 Å². The second-order valence-electron chi connectivity index (χ2n) is 6.87. The second-order valence-corrected chi connectivity index (χ2v) is 6.87. The molecule has 1 atom stereocenters. The summed E-state index contributed by atoms with van der Waals surface area (Å²) in [4.78, 5) is 13.9. The van der Waals surface area contributed by atoms with Crippen LogP contribution in [0.2, 0.25) is 0 Å². The fraction of sp³-hybridized carbons (Fsp3) is 0.348. The maximum absolute atomic E-state index is 11.4. The van der Waals surface area contributed by atoms with E-state index in [-0.39, 0.29) is 5.97 Å². The van der Waals surface area contributed by atoms with E-state index in [1.807, 2.05) is 0 Å². The molecular weight excluding hydrogens is 322 g/mol. The highest BCUT2D eigenvalue weighted by Gasteiger charge is 2.24. The van der Waals surface area contributed by atoms with Crippen LogP contribution in [0.25, 0.3) is 5.57 Å². The number of ether oxygens (including phenoxy) is 1. The molecule has 136 valence electrons. The molecular formula is C23H27NO2. The molecule has 0 spiro atoms. The Kier molecular flexibility index (Phi) is 6.62. The van der Waals surface area contributed by atoms with Gasteiger partial charge < -0.3 is 9.64 Å². The zero-order valence-electron chi connectivity index (χ0n) is 15.4. The lowest BCUT2D eigenvalue weighted by Crippen LogP contribution is -2.22. The van der Waals surface area contributed by atoms with Gasteiger partial charge in [0.25, 0.3) is 0 Å². The van der Waals surface area contributed by atoms with Crippen molar-refractivity contribution in [1.29, 1.82) is 0 Å². The fourth-order valence-corrected chi connectivity index (χ4v) is 3.63. The van der Waals surface area contributed by atoms with Crippen molar-refractivity contribution < 1.29 is 9.53 Å². The van der Waals surface area contributed by atoms with E-state index in [1.54, 1.807) is 0 Å². The number of methoxy groups -OCH3 is 1. The van der Waals surface area contributed by atoms with Crippen molar-refractivity contribution in [2.24, 2.45) is 5.92 Å². The van der Waals surface area contributed by atoms with Crippen LogP contribution in [0.15, 0.2) is 66.7 Å². The minimum absolute atomic E-state index is 0.0906. The summed E-state index contributed by atoms with van der Waals surface area (Å²) in [6, 6.07) is 21.1. The van der Waals surface area contributed by atoms with E-state index in [4.69, 9.17) is 4.74 Å². The Balaban J connectivity index is 1.62. The number of likely N-dealkylation sites (tertiary alicyclic amines) is 1. The molecule has 1 aliphatic heterocycles. The van der Waals surface area contributed by atoms with Gasteiger partial charge in [0.15, 0.2) is 0 Å². The molecule has 1 unspecified atom stereocenters. The van der Waals surface area contributed by atoms with Crippen LogP contribution in [0.1, 0.15) is 30.4 Å². The van der Waals surface area contributed by atoms with E-state index in [0.29, 0.717) is 12.3 Å². The van der Waals surface area contributed by atoms with Crippen LogP contribution in [-0.4, -0.2) is 37.6 Å². The molecule has 0 N–H and O–H groups in total. The van der Waals surface area contributed by atoms with E-state index in [1.165, 1.54) is 23.8 Å². The fourth-order valence-electron chi connectivity index (χ4n) is 3.63. The van der Waals surface area contributed by atoms with Gasteiger partial charge in [-0.15, -0.1) is 0 Å². The van der Waals surface area contributed by atoms with E-state index in [2.05, 4.69) is 71.6 Å². The van der Waals surface area contributed by atoms with Crippen molar-refractivity contribution in [3.8, 4) is 0 Å². The van der Waals surface area contributed by atoms with Crippen LogP contribution >= 0.6 is 0 Å². The second kappa shape index (κ2) is 9.35. The monoisotopic (exact) mass is 349 g/mol. The summed E-state index contributed by atoms with van der Waals surface area (Å²) in [5.74, 6) is 0.348. The summed E-state index contributed by atoms with van der Waals surface area (Å²) < 4.78 is 4.79. The summed E-state index contributed by atoms with van der Waals surface area (Å²) >= 11 is 0. The van der Waals surface area contributed by atoms with Gasteiger partial charge in [-0.1, -0.05) is 66.7 Å². The van der Waals surface area contributed by atoms with Gasteiger partial charge in [-0.05, 0) is 42.0 Å². The third kappa shape index (κ3) is 5.06. The van der Waals surface area contributed by atoms with Crippen LogP contribution in [0, 0.1) is 5.92 Å². The van der Waals surface area contributed by atoms with E-state index < -0.39 is 0 Å². The Labute approximate surface area is 156 Å². The topological polar surface area (TPSA) is 29.5 Å². The zero-order valence-corrected chi connectivity index (χ0v) is 15.4. The molecule has 0 bridgehead atoms. The zero-order chi connectivity index (χ0) is 18.2. The summed E-state index contributed by atoms with van der Waals surface area (Å²) in [6.07, 6.45) is 4.98. The predicted octanol–water partition coefficient (Wildman–Crippen LogP) is 4.39. The first-order valence-corrected chi connectivity index (χ1v) is 9.36. The van der Waals surface area contributed by atoms with Gasteiger partial charge in [0.2, 0.25) is 0 Å². The number of esters is 1. The van der Waals surface area contributed by atoms with Crippen LogP contribution in [0.3, 0.4) is 0 Å². The molecule has 0 aliphatic carbocycles. The third-order valence-corrected chi connectivity index (χ3v) is 5.02. The molecule has 0 aromatic heterocycles. The number of nitrogens with zero attached hydrogens (tertiary/aromatic N) is 1. The SMILES string of the molecule is COC(=O)CC1CCN(CCC=C(c2ccccc2)c2ccccc2)C1. The molecule has 2 aromatic rings. The normalized spacial score (nSPS) is 17.0. The van der Waals surface area contributed by atoms with Gasteiger partial charge in [0.05, 0.1) is 7.11 Å². The highest BCUT2D eigenvalue weighted by Crippen LogP contribution is 2.25. The van der Waals surface area contributed by atoms with Gasteiger partial charge in [0.1, 0.15) is 0 Å². The van der Waals surface area contributed by atoms with Crippen LogP contribution < -0.4 is 0 Å². The smallest absolute Gasteiger partial charge is 0.305 e. The third-order valence-electron chi connectivity index (χ3n) is 5.02. The first-order valence-electron chi connectivity index (χ1n) is 9.36. The Bertz CT molecular complexity index is 683. The minimum Gasteiger partial charge on any atom is -0.469 e. The molecule has 3 rings (SSSR count). The summed E-state index contributed by atoms with van der Waals surface area (Å²) in [7, 11) is 1.47. The Morgan fingerprint density at radius 2 is 1.69 bits per heavy atom. The van der Waals surface area contributed by atoms with Crippen LogP contribution in [-0.2, 0) is 9.53 Å². The number of benzene rings is 2. The standard InChI is InChI=1S/C23H27NO2/c1-26-23(25)17-19-14-16-24(18-19)15-8-13-22(20-9-4-2-5-10-20)21-11-6-3-7-12-21/h2-7,9-13,19H,8,14-18H2,1H3. The van der Waals surface area contributed by atoms with E-state index in [9.17, 15) is 4.79 Å². The Hall–Kier alpha value is -2.39. The highest BCUT2D eigenvalue weighted by molar-refractivity contribution is 5.79. The number of carbonyl (C=O) groups is 1. The first-order chi connectivity index (χ1) is 12.8. The number of hydrogen-bond donors (Lipinski definition) is 0. The maximum Gasteiger partial charge on any atom is 0.305 e. The molecule has 3 heteroatoms. The van der Waals surface area contributed by atoms with Gasteiger partial charge >= 0.3 is 5.97 Å². The lowest BCUT2D eigenvalue weighted by molar-refractivity contribution is -0.141. The lowest BCUT2D eigenvalue weighted by atomic mass is 9.97. The van der Waals surface area contributed by atoms with Gasteiger partial charge in [-0.25, -0.2) is 0 Å². The molecule has 1 aliphatic rings. The highest BCUT2D eigenvalue weighted by atomic mass is 16.5. The Morgan fingerprint density at radius 1 is 1.08 bits per heavy atom. The molecule has 3 nitrogen and oxygen atoms in total. The van der Waals surface area contributed by atoms with Crippen LogP contribution in [0.4, 0.5) is 0 Å². The minimum atomic E-state index is -0.0906. The molecule has 1 heterocycles. The van der Waals surface area contributed by atoms with E-state index in [0.717, 1.165) is 32.5 Å². The first kappa shape index (κ1) is 18.4. The van der Waals surface area contributed by atoms with Crippen molar-refractivity contribution in [1.82, 2.24) is 4.90 Å². The van der Waals surface area contributed by atoms with Gasteiger partial charge in [-0.3, -0.25) is 4.79 Å².